The second-order valence-corrected chi connectivity index (χ2v) is 6.67. The Hall–Kier alpha value is -2.37. The van der Waals surface area contributed by atoms with Crippen LogP contribution in [0.15, 0.2) is 54.6 Å². The lowest BCUT2D eigenvalue weighted by atomic mass is 10.1. The van der Waals surface area contributed by atoms with Gasteiger partial charge in [0, 0.05) is 32.2 Å². The number of nitrogens with one attached hydrogen (secondary N) is 2. The largest absolute Gasteiger partial charge is 0.489 e. The predicted octanol–water partition coefficient (Wildman–Crippen LogP) is 2.18. The second-order valence-electron chi connectivity index (χ2n) is 6.67. The van der Waals surface area contributed by atoms with E-state index in [0.717, 1.165) is 36.5 Å². The second kappa shape index (κ2) is 9.36. The first-order valence-electron chi connectivity index (χ1n) is 9.18. The van der Waals surface area contributed by atoms with Gasteiger partial charge in [-0.05, 0) is 30.2 Å². The summed E-state index contributed by atoms with van der Waals surface area (Å²) in [5.41, 5.74) is 2.18. The van der Waals surface area contributed by atoms with Crippen molar-refractivity contribution in [1.29, 1.82) is 0 Å². The minimum Gasteiger partial charge on any atom is -0.489 e. The molecule has 1 aliphatic rings. The van der Waals surface area contributed by atoms with E-state index in [1.807, 2.05) is 54.6 Å². The SMILES string of the molecule is C[C@@H]1CNCCN1CC(=O)NCc1ccccc1COc1ccccc1. The Balaban J connectivity index is 1.52. The van der Waals surface area contributed by atoms with E-state index in [4.69, 9.17) is 4.74 Å². The zero-order chi connectivity index (χ0) is 18.2. The van der Waals surface area contributed by atoms with Gasteiger partial charge in [-0.2, -0.15) is 0 Å². The number of hydrogen-bond donors (Lipinski definition) is 2. The Morgan fingerprint density at radius 3 is 2.65 bits per heavy atom. The minimum absolute atomic E-state index is 0.0672. The minimum atomic E-state index is 0.0672. The molecular weight excluding hydrogens is 326 g/mol. The summed E-state index contributed by atoms with van der Waals surface area (Å²) in [6, 6.07) is 18.2. The third kappa shape index (κ3) is 5.31. The van der Waals surface area contributed by atoms with Gasteiger partial charge in [0.1, 0.15) is 12.4 Å². The quantitative estimate of drug-likeness (QED) is 0.801. The van der Waals surface area contributed by atoms with Crippen molar-refractivity contribution in [3.8, 4) is 5.75 Å². The number of ether oxygens (including phenoxy) is 1. The molecule has 1 fully saturated rings. The van der Waals surface area contributed by atoms with Gasteiger partial charge in [0.05, 0.1) is 6.54 Å². The van der Waals surface area contributed by atoms with E-state index in [-0.39, 0.29) is 5.91 Å². The smallest absolute Gasteiger partial charge is 0.234 e. The van der Waals surface area contributed by atoms with Crippen LogP contribution in [-0.4, -0.2) is 43.0 Å². The van der Waals surface area contributed by atoms with Gasteiger partial charge < -0.3 is 15.4 Å². The molecule has 26 heavy (non-hydrogen) atoms. The summed E-state index contributed by atoms with van der Waals surface area (Å²) in [5.74, 6) is 0.913. The maximum atomic E-state index is 12.3. The molecule has 0 unspecified atom stereocenters. The van der Waals surface area contributed by atoms with Gasteiger partial charge in [-0.15, -0.1) is 0 Å². The third-order valence-electron chi connectivity index (χ3n) is 4.72. The molecule has 0 radical (unpaired) electrons. The molecule has 138 valence electrons. The first-order valence-corrected chi connectivity index (χ1v) is 9.18. The number of carbonyl (C=O) groups is 1. The van der Waals surface area contributed by atoms with E-state index in [2.05, 4.69) is 22.5 Å². The molecule has 1 heterocycles. The lowest BCUT2D eigenvalue weighted by Crippen LogP contribution is -2.52. The molecule has 2 N–H and O–H groups in total. The highest BCUT2D eigenvalue weighted by Crippen LogP contribution is 2.14. The molecule has 0 aliphatic carbocycles. The lowest BCUT2D eigenvalue weighted by molar-refractivity contribution is -0.123. The molecule has 2 aromatic carbocycles. The highest BCUT2D eigenvalue weighted by molar-refractivity contribution is 5.78. The van der Waals surface area contributed by atoms with Crippen molar-refractivity contribution in [3.63, 3.8) is 0 Å². The van der Waals surface area contributed by atoms with Crippen molar-refractivity contribution in [3.05, 3.63) is 65.7 Å². The summed E-state index contributed by atoms with van der Waals surface area (Å²) in [5, 5.41) is 6.39. The van der Waals surface area contributed by atoms with Crippen LogP contribution < -0.4 is 15.4 Å². The number of amides is 1. The molecule has 5 nitrogen and oxygen atoms in total. The van der Waals surface area contributed by atoms with Crippen LogP contribution in [0.2, 0.25) is 0 Å². The van der Waals surface area contributed by atoms with Crippen LogP contribution in [0.5, 0.6) is 5.75 Å². The summed E-state index contributed by atoms with van der Waals surface area (Å²) in [6.07, 6.45) is 0. The highest BCUT2D eigenvalue weighted by atomic mass is 16.5. The zero-order valence-corrected chi connectivity index (χ0v) is 15.3. The van der Waals surface area contributed by atoms with Gasteiger partial charge in [-0.25, -0.2) is 0 Å². The molecule has 5 heteroatoms. The molecule has 1 amide bonds. The van der Waals surface area contributed by atoms with Gasteiger partial charge in [0.25, 0.3) is 0 Å². The molecule has 3 rings (SSSR count). The van der Waals surface area contributed by atoms with E-state index in [1.165, 1.54) is 0 Å². The highest BCUT2D eigenvalue weighted by Gasteiger charge is 2.20. The van der Waals surface area contributed by atoms with E-state index in [1.54, 1.807) is 0 Å². The van der Waals surface area contributed by atoms with Crippen molar-refractivity contribution < 1.29 is 9.53 Å². The number of rotatable bonds is 7. The van der Waals surface area contributed by atoms with Gasteiger partial charge in [0.2, 0.25) is 5.91 Å². The fourth-order valence-corrected chi connectivity index (χ4v) is 3.10. The molecule has 0 spiro atoms. The molecule has 0 aromatic heterocycles. The van der Waals surface area contributed by atoms with Crippen LogP contribution in [0.1, 0.15) is 18.1 Å². The fourth-order valence-electron chi connectivity index (χ4n) is 3.10. The van der Waals surface area contributed by atoms with Crippen LogP contribution in [-0.2, 0) is 17.9 Å². The van der Waals surface area contributed by atoms with Crippen LogP contribution >= 0.6 is 0 Å². The van der Waals surface area contributed by atoms with E-state index < -0.39 is 0 Å². The monoisotopic (exact) mass is 353 g/mol. The first-order chi connectivity index (χ1) is 12.7. The maximum absolute atomic E-state index is 12.3. The Kier molecular flexibility index (Phi) is 6.63. The number of hydrogen-bond acceptors (Lipinski definition) is 4. The summed E-state index contributed by atoms with van der Waals surface area (Å²) in [7, 11) is 0. The van der Waals surface area contributed by atoms with E-state index >= 15 is 0 Å². The fraction of sp³-hybridized carbons (Fsp3) is 0.381. The zero-order valence-electron chi connectivity index (χ0n) is 15.3. The van der Waals surface area contributed by atoms with Gasteiger partial charge in [-0.1, -0.05) is 42.5 Å². The molecule has 1 saturated heterocycles. The third-order valence-corrected chi connectivity index (χ3v) is 4.72. The molecule has 1 aliphatic heterocycles. The van der Waals surface area contributed by atoms with Crippen molar-refractivity contribution in [2.75, 3.05) is 26.2 Å². The maximum Gasteiger partial charge on any atom is 0.234 e. The topological polar surface area (TPSA) is 53.6 Å². The summed E-state index contributed by atoms with van der Waals surface area (Å²) >= 11 is 0. The van der Waals surface area contributed by atoms with Crippen molar-refractivity contribution >= 4 is 5.91 Å². The van der Waals surface area contributed by atoms with Crippen LogP contribution in [0.3, 0.4) is 0 Å². The summed E-state index contributed by atoms with van der Waals surface area (Å²) < 4.78 is 5.85. The summed E-state index contributed by atoms with van der Waals surface area (Å²) in [6.45, 7) is 6.40. The van der Waals surface area contributed by atoms with Crippen molar-refractivity contribution in [1.82, 2.24) is 15.5 Å². The molecule has 0 saturated carbocycles. The van der Waals surface area contributed by atoms with Gasteiger partial charge in [0.15, 0.2) is 0 Å². The summed E-state index contributed by atoms with van der Waals surface area (Å²) in [4.78, 5) is 14.5. The molecule has 2 aromatic rings. The average molecular weight is 353 g/mol. The van der Waals surface area contributed by atoms with E-state index in [0.29, 0.717) is 25.7 Å². The van der Waals surface area contributed by atoms with E-state index in [9.17, 15) is 4.79 Å². The van der Waals surface area contributed by atoms with Crippen LogP contribution in [0, 0.1) is 0 Å². The van der Waals surface area contributed by atoms with Crippen LogP contribution in [0.25, 0.3) is 0 Å². The van der Waals surface area contributed by atoms with Gasteiger partial charge in [-0.3, -0.25) is 9.69 Å². The predicted molar refractivity (Wildman–Crippen MR) is 103 cm³/mol. The molecule has 1 atom stereocenters. The first kappa shape index (κ1) is 18.4. The normalized spacial score (nSPS) is 17.7. The molecular formula is C21H27N3O2. The Morgan fingerprint density at radius 2 is 1.88 bits per heavy atom. The number of carbonyl (C=O) groups excluding carboxylic acids is 1. The van der Waals surface area contributed by atoms with Crippen molar-refractivity contribution in [2.45, 2.75) is 26.1 Å². The van der Waals surface area contributed by atoms with Crippen molar-refractivity contribution in [2.24, 2.45) is 0 Å². The number of piperazine rings is 1. The Labute approximate surface area is 155 Å². The lowest BCUT2D eigenvalue weighted by Gasteiger charge is -2.33. The Morgan fingerprint density at radius 1 is 1.15 bits per heavy atom. The number of nitrogens with zero attached hydrogens (tertiary/aromatic N) is 1. The van der Waals surface area contributed by atoms with Gasteiger partial charge >= 0.3 is 0 Å². The average Bonchev–Trinajstić information content (AvgIpc) is 2.68. The van der Waals surface area contributed by atoms with Crippen LogP contribution in [0.4, 0.5) is 0 Å². The Bertz CT molecular complexity index is 705. The number of benzene rings is 2. The molecule has 0 bridgehead atoms. The number of para-hydroxylation sites is 1. The standard InChI is InChI=1S/C21H27N3O2/c1-17-13-22-11-12-24(17)15-21(25)23-14-18-7-5-6-8-19(18)16-26-20-9-3-2-4-10-20/h2-10,17,22H,11-16H2,1H3,(H,23,25)/t17-/m1/s1.